The summed E-state index contributed by atoms with van der Waals surface area (Å²) in [5.74, 6) is -0.538. The van der Waals surface area contributed by atoms with Crippen molar-refractivity contribution in [3.05, 3.63) is 46.4 Å². The maximum atomic E-state index is 9.73. The van der Waals surface area contributed by atoms with Crippen LogP contribution in [0, 0.1) is 0 Å². The molecule has 0 radical (unpaired) electrons. The number of hydrogen-bond donors (Lipinski definition) is 2. The highest BCUT2D eigenvalue weighted by Gasteiger charge is 2.11. The van der Waals surface area contributed by atoms with Gasteiger partial charge in [-0.05, 0) is 29.8 Å². The predicted octanol–water partition coefficient (Wildman–Crippen LogP) is 4.07. The second kappa shape index (κ2) is 4.24. The normalized spacial score (nSPS) is 10.4. The van der Waals surface area contributed by atoms with Crippen LogP contribution in [0.25, 0.3) is 11.1 Å². The van der Waals surface area contributed by atoms with Gasteiger partial charge in [0.1, 0.15) is 0 Å². The first-order valence-electron chi connectivity index (χ1n) is 4.56. The maximum absolute atomic E-state index is 9.73. The van der Waals surface area contributed by atoms with E-state index in [1.165, 1.54) is 6.07 Å². The zero-order valence-electron chi connectivity index (χ0n) is 8.11. The van der Waals surface area contributed by atoms with E-state index in [0.29, 0.717) is 10.6 Å². The van der Waals surface area contributed by atoms with Gasteiger partial charge in [-0.25, -0.2) is 0 Å². The summed E-state index contributed by atoms with van der Waals surface area (Å²) in [5, 5.41) is 20.0. The Labute approximate surface area is 103 Å². The Bertz CT molecular complexity index is 521. The van der Waals surface area contributed by atoms with Gasteiger partial charge >= 0.3 is 0 Å². The molecule has 0 saturated carbocycles. The van der Waals surface area contributed by atoms with Gasteiger partial charge in [-0.15, -0.1) is 0 Å². The number of phenolic OH excluding ortho intramolecular Hbond substituents is 2. The second-order valence-corrected chi connectivity index (χ2v) is 4.14. The van der Waals surface area contributed by atoms with E-state index in [1.807, 2.05) is 0 Å². The van der Waals surface area contributed by atoms with Crippen LogP contribution in [-0.4, -0.2) is 10.2 Å². The Morgan fingerprint density at radius 3 is 2.00 bits per heavy atom. The number of phenols is 2. The van der Waals surface area contributed by atoms with Crippen LogP contribution < -0.4 is 0 Å². The minimum atomic E-state index is -0.311. The van der Waals surface area contributed by atoms with E-state index in [4.69, 9.17) is 23.2 Å². The molecular weight excluding hydrogens is 247 g/mol. The summed E-state index contributed by atoms with van der Waals surface area (Å²) in [7, 11) is 0. The summed E-state index contributed by atoms with van der Waals surface area (Å²) < 4.78 is 0. The number of rotatable bonds is 1. The molecule has 2 N–H and O–H groups in total. The summed E-state index contributed by atoms with van der Waals surface area (Å²) in [4.78, 5) is 0. The van der Waals surface area contributed by atoms with Crippen molar-refractivity contribution in [1.82, 2.24) is 0 Å². The minimum Gasteiger partial charge on any atom is -0.504 e. The first kappa shape index (κ1) is 11.1. The fraction of sp³-hybridized carbons (Fsp3) is 0. The lowest BCUT2D eigenvalue weighted by Gasteiger charge is -2.07. The predicted molar refractivity (Wildman–Crippen MR) is 65.2 cm³/mol. The molecule has 2 nitrogen and oxygen atoms in total. The fourth-order valence-electron chi connectivity index (χ4n) is 1.42. The molecule has 82 valence electrons. The molecule has 0 aromatic heterocycles. The van der Waals surface area contributed by atoms with Crippen molar-refractivity contribution in [2.45, 2.75) is 0 Å². The smallest absolute Gasteiger partial charge is 0.177 e. The topological polar surface area (TPSA) is 40.5 Å². The lowest BCUT2D eigenvalue weighted by Crippen LogP contribution is -1.80. The van der Waals surface area contributed by atoms with Crippen LogP contribution in [0.2, 0.25) is 10.0 Å². The van der Waals surface area contributed by atoms with Crippen LogP contribution in [-0.2, 0) is 0 Å². The fourth-order valence-corrected chi connectivity index (χ4v) is 1.70. The molecule has 0 aliphatic rings. The van der Waals surface area contributed by atoms with Crippen molar-refractivity contribution in [2.24, 2.45) is 0 Å². The third kappa shape index (κ3) is 1.94. The van der Waals surface area contributed by atoms with Crippen molar-refractivity contribution < 1.29 is 10.2 Å². The van der Waals surface area contributed by atoms with E-state index in [1.54, 1.807) is 30.3 Å². The molecule has 0 unspecified atom stereocenters. The molecule has 0 atom stereocenters. The Morgan fingerprint density at radius 2 is 1.38 bits per heavy atom. The molecule has 16 heavy (non-hydrogen) atoms. The van der Waals surface area contributed by atoms with Gasteiger partial charge in [0.05, 0.1) is 5.02 Å². The molecule has 0 aliphatic heterocycles. The maximum Gasteiger partial charge on any atom is 0.177 e. The first-order chi connectivity index (χ1) is 7.59. The minimum absolute atomic E-state index is 0.121. The third-order valence-corrected chi connectivity index (χ3v) is 2.81. The van der Waals surface area contributed by atoms with Gasteiger partial charge in [-0.2, -0.15) is 0 Å². The average Bonchev–Trinajstić information content (AvgIpc) is 2.28. The largest absolute Gasteiger partial charge is 0.504 e. The van der Waals surface area contributed by atoms with Crippen LogP contribution in [0.15, 0.2) is 36.4 Å². The van der Waals surface area contributed by atoms with Gasteiger partial charge in [0.15, 0.2) is 11.5 Å². The van der Waals surface area contributed by atoms with Crippen LogP contribution in [0.3, 0.4) is 0 Å². The van der Waals surface area contributed by atoms with Gasteiger partial charge in [0.25, 0.3) is 0 Å². The summed E-state index contributed by atoms with van der Waals surface area (Å²) >= 11 is 11.4. The van der Waals surface area contributed by atoms with Crippen LogP contribution in [0.1, 0.15) is 0 Å². The molecule has 0 spiro atoms. The van der Waals surface area contributed by atoms with Crippen LogP contribution >= 0.6 is 23.2 Å². The Kier molecular flexibility index (Phi) is 2.95. The third-order valence-electron chi connectivity index (χ3n) is 2.26. The lowest BCUT2D eigenvalue weighted by molar-refractivity contribution is 0.405. The molecule has 0 aliphatic carbocycles. The van der Waals surface area contributed by atoms with Crippen LogP contribution in [0.5, 0.6) is 11.5 Å². The monoisotopic (exact) mass is 254 g/mol. The Morgan fingerprint density at radius 1 is 0.750 bits per heavy atom. The molecule has 0 saturated heterocycles. The van der Waals surface area contributed by atoms with Gasteiger partial charge in [-0.3, -0.25) is 0 Å². The zero-order valence-corrected chi connectivity index (χ0v) is 9.63. The van der Waals surface area contributed by atoms with Crippen molar-refractivity contribution >= 4 is 23.2 Å². The summed E-state index contributed by atoms with van der Waals surface area (Å²) in [6.07, 6.45) is 0. The van der Waals surface area contributed by atoms with E-state index in [2.05, 4.69) is 0 Å². The van der Waals surface area contributed by atoms with E-state index in [-0.39, 0.29) is 16.5 Å². The number of hydrogen-bond acceptors (Lipinski definition) is 2. The Balaban J connectivity index is 2.57. The van der Waals surface area contributed by atoms with E-state index in [9.17, 15) is 10.2 Å². The zero-order chi connectivity index (χ0) is 11.7. The quantitative estimate of drug-likeness (QED) is 0.754. The van der Waals surface area contributed by atoms with Gasteiger partial charge in [0.2, 0.25) is 0 Å². The van der Waals surface area contributed by atoms with Crippen molar-refractivity contribution in [2.75, 3.05) is 0 Å². The summed E-state index contributed by atoms with van der Waals surface area (Å²) in [5.41, 5.74) is 1.27. The lowest BCUT2D eigenvalue weighted by atomic mass is 10.0. The molecule has 2 aromatic rings. The molecule has 0 bridgehead atoms. The molecule has 0 heterocycles. The highest BCUT2D eigenvalue weighted by Crippen LogP contribution is 2.41. The SMILES string of the molecule is Oc1c(Cl)ccc(-c2ccc(Cl)cc2)c1O. The molecule has 0 amide bonds. The van der Waals surface area contributed by atoms with Gasteiger partial charge in [0, 0.05) is 10.6 Å². The number of aromatic hydroxyl groups is 2. The number of benzene rings is 2. The highest BCUT2D eigenvalue weighted by atomic mass is 35.5. The van der Waals surface area contributed by atoms with E-state index < -0.39 is 0 Å². The summed E-state index contributed by atoms with van der Waals surface area (Å²) in [6, 6.07) is 10.1. The molecule has 2 aromatic carbocycles. The van der Waals surface area contributed by atoms with Gasteiger partial charge in [-0.1, -0.05) is 35.3 Å². The van der Waals surface area contributed by atoms with Crippen molar-refractivity contribution in [1.29, 1.82) is 0 Å². The Hall–Kier alpha value is -1.38. The number of halogens is 2. The van der Waals surface area contributed by atoms with Gasteiger partial charge < -0.3 is 10.2 Å². The van der Waals surface area contributed by atoms with Crippen LogP contribution in [0.4, 0.5) is 0 Å². The highest BCUT2D eigenvalue weighted by molar-refractivity contribution is 6.32. The molecule has 2 rings (SSSR count). The average molecular weight is 255 g/mol. The molecule has 4 heteroatoms. The molecular formula is C12H8Cl2O2. The standard InChI is InChI=1S/C12H8Cl2O2/c13-8-3-1-7(2-4-8)9-5-6-10(14)12(16)11(9)15/h1-6,15-16H. The van der Waals surface area contributed by atoms with Crippen molar-refractivity contribution in [3.63, 3.8) is 0 Å². The summed E-state index contributed by atoms with van der Waals surface area (Å²) in [6.45, 7) is 0. The second-order valence-electron chi connectivity index (χ2n) is 3.30. The van der Waals surface area contributed by atoms with Crippen molar-refractivity contribution in [3.8, 4) is 22.6 Å². The molecule has 0 fully saturated rings. The van der Waals surface area contributed by atoms with E-state index >= 15 is 0 Å². The first-order valence-corrected chi connectivity index (χ1v) is 5.31. The van der Waals surface area contributed by atoms with E-state index in [0.717, 1.165) is 5.56 Å².